The van der Waals surface area contributed by atoms with Crippen molar-refractivity contribution in [3.8, 4) is 5.75 Å². The van der Waals surface area contributed by atoms with Gasteiger partial charge in [0.05, 0.1) is 0 Å². The van der Waals surface area contributed by atoms with E-state index in [1.807, 2.05) is 0 Å². The molecule has 1 aliphatic heterocycles. The Morgan fingerprint density at radius 3 is 2.89 bits per heavy atom. The molecule has 1 aliphatic carbocycles. The highest BCUT2D eigenvalue weighted by molar-refractivity contribution is 5.73. The number of fused-ring (bicyclic) bond motifs is 3. The molecule has 1 nitrogen and oxygen atoms in total. The van der Waals surface area contributed by atoms with Crippen LogP contribution in [0.25, 0.3) is 5.57 Å². The molecule has 0 N–H and O–H groups in total. The normalized spacial score (nSPS) is 24.7. The smallest absolute Gasteiger partial charge is 0.131 e. The van der Waals surface area contributed by atoms with Crippen molar-refractivity contribution in [3.05, 3.63) is 59.7 Å². The zero-order chi connectivity index (χ0) is 12.5. The van der Waals surface area contributed by atoms with Crippen LogP contribution >= 0.6 is 0 Å². The van der Waals surface area contributed by atoms with E-state index in [2.05, 4.69) is 62.4 Å². The maximum absolute atomic E-state index is 6.15. The Hall–Kier alpha value is -1.76. The van der Waals surface area contributed by atoms with E-state index in [0.29, 0.717) is 5.92 Å². The molecule has 3 rings (SSSR count). The number of hydrogen-bond acceptors (Lipinski definition) is 1. The Morgan fingerprint density at radius 2 is 2.11 bits per heavy atom. The number of hydrogen-bond donors (Lipinski definition) is 0. The largest absolute Gasteiger partial charge is 0.484 e. The molecule has 0 radical (unpaired) electrons. The summed E-state index contributed by atoms with van der Waals surface area (Å²) in [4.78, 5) is 0. The number of benzene rings is 1. The van der Waals surface area contributed by atoms with Crippen molar-refractivity contribution in [3.63, 3.8) is 0 Å². The standard InChI is InChI=1S/C17H18O/c1-3-12(4-2)13-9-7-10-15-14-8-5-6-11-16(14)18-17(13)15/h3,5-11,14,16H,4H2,1-2H3/b12-3-. The second-order valence-electron chi connectivity index (χ2n) is 4.77. The van der Waals surface area contributed by atoms with Gasteiger partial charge in [-0.1, -0.05) is 49.4 Å². The second kappa shape index (κ2) is 4.49. The Bertz CT molecular complexity index is 549. The molecule has 1 heteroatoms. The van der Waals surface area contributed by atoms with Gasteiger partial charge >= 0.3 is 0 Å². The highest BCUT2D eigenvalue weighted by Crippen LogP contribution is 2.45. The minimum atomic E-state index is 0.182. The lowest BCUT2D eigenvalue weighted by Crippen LogP contribution is -2.15. The summed E-state index contributed by atoms with van der Waals surface area (Å²) < 4.78 is 6.15. The summed E-state index contributed by atoms with van der Waals surface area (Å²) in [6.45, 7) is 4.29. The first-order chi connectivity index (χ1) is 8.85. The van der Waals surface area contributed by atoms with Crippen molar-refractivity contribution in [1.29, 1.82) is 0 Å². The number of rotatable bonds is 2. The summed E-state index contributed by atoms with van der Waals surface area (Å²) in [5.74, 6) is 1.47. The summed E-state index contributed by atoms with van der Waals surface area (Å²) in [5, 5.41) is 0. The molecule has 0 saturated carbocycles. The van der Waals surface area contributed by atoms with E-state index in [1.54, 1.807) is 0 Å². The molecule has 0 fully saturated rings. The fourth-order valence-electron chi connectivity index (χ4n) is 2.87. The average molecular weight is 238 g/mol. The molecule has 0 spiro atoms. The molecule has 1 aromatic rings. The lowest BCUT2D eigenvalue weighted by Gasteiger charge is -2.14. The van der Waals surface area contributed by atoms with Crippen LogP contribution in [0.15, 0.2) is 48.6 Å². The summed E-state index contributed by atoms with van der Waals surface area (Å²) >= 11 is 0. The Balaban J connectivity index is 2.10. The molecule has 0 aromatic heterocycles. The van der Waals surface area contributed by atoms with Gasteiger partial charge in [-0.25, -0.2) is 0 Å². The van der Waals surface area contributed by atoms with E-state index in [9.17, 15) is 0 Å². The van der Waals surface area contributed by atoms with Crippen LogP contribution < -0.4 is 4.74 Å². The van der Waals surface area contributed by atoms with Crippen LogP contribution in [0, 0.1) is 0 Å². The zero-order valence-electron chi connectivity index (χ0n) is 10.9. The van der Waals surface area contributed by atoms with Gasteiger partial charge in [-0.05, 0) is 25.0 Å². The number of allylic oxidation sites excluding steroid dienone is 4. The third kappa shape index (κ3) is 1.62. The van der Waals surface area contributed by atoms with E-state index in [4.69, 9.17) is 4.74 Å². The molecule has 92 valence electrons. The monoisotopic (exact) mass is 238 g/mol. The van der Waals surface area contributed by atoms with Gasteiger partial charge in [-0.2, -0.15) is 0 Å². The molecule has 0 amide bonds. The summed E-state index contributed by atoms with van der Waals surface area (Å²) in [6.07, 6.45) is 12.0. The topological polar surface area (TPSA) is 9.23 Å². The summed E-state index contributed by atoms with van der Waals surface area (Å²) in [5.41, 5.74) is 3.94. The van der Waals surface area contributed by atoms with Gasteiger partial charge in [0.1, 0.15) is 11.9 Å². The Kier molecular flexibility index (Phi) is 2.83. The maximum atomic E-state index is 6.15. The molecule has 0 bridgehead atoms. The highest BCUT2D eigenvalue weighted by atomic mass is 16.5. The second-order valence-corrected chi connectivity index (χ2v) is 4.77. The molecular weight excluding hydrogens is 220 g/mol. The quantitative estimate of drug-likeness (QED) is 0.738. The molecule has 2 atom stereocenters. The minimum absolute atomic E-state index is 0.182. The van der Waals surface area contributed by atoms with E-state index in [-0.39, 0.29) is 6.10 Å². The first-order valence-corrected chi connectivity index (χ1v) is 6.65. The molecule has 1 aromatic carbocycles. The third-order valence-electron chi connectivity index (χ3n) is 3.82. The first-order valence-electron chi connectivity index (χ1n) is 6.65. The van der Waals surface area contributed by atoms with Crippen molar-refractivity contribution in [2.24, 2.45) is 0 Å². The fourth-order valence-corrected chi connectivity index (χ4v) is 2.87. The van der Waals surface area contributed by atoms with Crippen molar-refractivity contribution in [1.82, 2.24) is 0 Å². The molecular formula is C17H18O. The van der Waals surface area contributed by atoms with Crippen LogP contribution in [0.2, 0.25) is 0 Å². The van der Waals surface area contributed by atoms with Crippen LogP contribution in [0.5, 0.6) is 5.75 Å². The SMILES string of the molecule is C/C=C(/CC)c1cccc2c1OC1C=CC=CC21. The van der Waals surface area contributed by atoms with Gasteiger partial charge < -0.3 is 4.74 Å². The van der Waals surface area contributed by atoms with E-state index in [0.717, 1.165) is 12.2 Å². The van der Waals surface area contributed by atoms with Crippen LogP contribution in [-0.2, 0) is 0 Å². The van der Waals surface area contributed by atoms with Gasteiger partial charge in [-0.15, -0.1) is 0 Å². The van der Waals surface area contributed by atoms with Crippen molar-refractivity contribution in [2.45, 2.75) is 32.3 Å². The molecule has 18 heavy (non-hydrogen) atoms. The van der Waals surface area contributed by atoms with Crippen LogP contribution in [0.1, 0.15) is 37.3 Å². The van der Waals surface area contributed by atoms with Gasteiger partial charge in [-0.3, -0.25) is 0 Å². The van der Waals surface area contributed by atoms with Gasteiger partial charge in [0.15, 0.2) is 0 Å². The lowest BCUT2D eigenvalue weighted by molar-refractivity contribution is 0.268. The van der Waals surface area contributed by atoms with E-state index >= 15 is 0 Å². The van der Waals surface area contributed by atoms with Gasteiger partial charge in [0.25, 0.3) is 0 Å². The third-order valence-corrected chi connectivity index (χ3v) is 3.82. The predicted octanol–water partition coefficient (Wildman–Crippen LogP) is 4.47. The molecule has 2 aliphatic rings. The number of ether oxygens (including phenoxy) is 1. The molecule has 2 unspecified atom stereocenters. The maximum Gasteiger partial charge on any atom is 0.131 e. The lowest BCUT2D eigenvalue weighted by atomic mass is 9.90. The van der Waals surface area contributed by atoms with Crippen LogP contribution in [0.3, 0.4) is 0 Å². The molecule has 1 heterocycles. The highest BCUT2D eigenvalue weighted by Gasteiger charge is 2.33. The predicted molar refractivity (Wildman–Crippen MR) is 75.8 cm³/mol. The average Bonchev–Trinajstić information content (AvgIpc) is 2.80. The number of para-hydroxylation sites is 1. The fraction of sp³-hybridized carbons (Fsp3) is 0.294. The van der Waals surface area contributed by atoms with Gasteiger partial charge in [0, 0.05) is 17.0 Å². The summed E-state index contributed by atoms with van der Waals surface area (Å²) in [6, 6.07) is 6.50. The van der Waals surface area contributed by atoms with Crippen molar-refractivity contribution < 1.29 is 4.74 Å². The Labute approximate surface area is 108 Å². The van der Waals surface area contributed by atoms with E-state index < -0.39 is 0 Å². The zero-order valence-corrected chi connectivity index (χ0v) is 10.9. The minimum Gasteiger partial charge on any atom is -0.484 e. The first kappa shape index (κ1) is 11.3. The van der Waals surface area contributed by atoms with E-state index in [1.165, 1.54) is 16.7 Å². The van der Waals surface area contributed by atoms with Crippen LogP contribution in [0.4, 0.5) is 0 Å². The van der Waals surface area contributed by atoms with Gasteiger partial charge in [0.2, 0.25) is 0 Å². The Morgan fingerprint density at radius 1 is 1.28 bits per heavy atom. The van der Waals surface area contributed by atoms with Crippen LogP contribution in [-0.4, -0.2) is 6.10 Å². The molecule has 0 saturated heterocycles. The summed E-state index contributed by atoms with van der Waals surface area (Å²) in [7, 11) is 0. The van der Waals surface area contributed by atoms with Crippen molar-refractivity contribution >= 4 is 5.57 Å². The van der Waals surface area contributed by atoms with Crippen molar-refractivity contribution in [2.75, 3.05) is 0 Å².